The van der Waals surface area contributed by atoms with Gasteiger partial charge in [0.2, 0.25) is 0 Å². The van der Waals surface area contributed by atoms with Gasteiger partial charge in [-0.3, -0.25) is 5.17 Å². The molecule has 2 fully saturated rings. The van der Waals surface area contributed by atoms with E-state index in [1.54, 1.807) is 0 Å². The molecule has 2 aliphatic rings. The summed E-state index contributed by atoms with van der Waals surface area (Å²) in [5, 5.41) is 10.7. The fraction of sp³-hybridized carbons (Fsp3) is 1.00. The maximum atomic E-state index is 10.8. The second-order valence-corrected chi connectivity index (χ2v) is 5.99. The number of hydrogen-bond donors (Lipinski definition) is 2. The van der Waals surface area contributed by atoms with Gasteiger partial charge < -0.3 is 5.21 Å². The Morgan fingerprint density at radius 2 is 2.31 bits per heavy atom. The summed E-state index contributed by atoms with van der Waals surface area (Å²) >= 11 is 0. The quantitative estimate of drug-likeness (QED) is 0.553. The van der Waals surface area contributed by atoms with Crippen LogP contribution in [0.1, 0.15) is 58.3 Å². The summed E-state index contributed by atoms with van der Waals surface area (Å²) in [4.78, 5) is 0. The van der Waals surface area contributed by atoms with Gasteiger partial charge in [-0.05, 0) is 49.4 Å². The zero-order valence-electron chi connectivity index (χ0n) is 10.5. The minimum absolute atomic E-state index is 0.130. The van der Waals surface area contributed by atoms with Crippen LogP contribution in [0.25, 0.3) is 0 Å². The van der Waals surface area contributed by atoms with E-state index >= 15 is 0 Å². The maximum absolute atomic E-state index is 10.8. The van der Waals surface area contributed by atoms with Crippen LogP contribution in [-0.2, 0) is 0 Å². The van der Waals surface area contributed by atoms with Crippen LogP contribution >= 0.6 is 0 Å². The molecule has 2 rings (SSSR count). The van der Waals surface area contributed by atoms with Crippen molar-refractivity contribution in [2.24, 2.45) is 23.1 Å². The number of fused-ring (bicyclic) bond motifs is 2. The molecule has 94 valence electrons. The number of hydroxylamine groups is 1. The van der Waals surface area contributed by atoms with Crippen LogP contribution in [0.2, 0.25) is 0 Å². The summed E-state index contributed by atoms with van der Waals surface area (Å²) in [5.41, 5.74) is 0.590. The fourth-order valence-electron chi connectivity index (χ4n) is 4.39. The van der Waals surface area contributed by atoms with Gasteiger partial charge in [0.15, 0.2) is 0 Å². The van der Waals surface area contributed by atoms with Crippen molar-refractivity contribution >= 4 is 0 Å². The lowest BCUT2D eigenvalue weighted by Gasteiger charge is -2.38. The first-order valence-electron chi connectivity index (χ1n) is 6.94. The van der Waals surface area contributed by atoms with E-state index < -0.39 is 0 Å². The van der Waals surface area contributed by atoms with E-state index in [2.05, 4.69) is 6.92 Å². The van der Waals surface area contributed by atoms with Crippen molar-refractivity contribution in [3.8, 4) is 0 Å². The monoisotopic (exact) mass is 226 g/mol. The number of nitrogens with two attached hydrogens (primary N) is 1. The summed E-state index contributed by atoms with van der Waals surface area (Å²) in [7, 11) is 0. The lowest BCUT2D eigenvalue weighted by Crippen LogP contribution is -3.13. The highest BCUT2D eigenvalue weighted by atomic mass is 16.5. The second kappa shape index (κ2) is 5.03. The Bertz CT molecular complexity index is 232. The molecule has 0 aromatic heterocycles. The molecule has 0 aromatic rings. The highest BCUT2D eigenvalue weighted by Gasteiger charge is 2.47. The van der Waals surface area contributed by atoms with Crippen LogP contribution in [-0.4, -0.2) is 6.54 Å². The normalized spacial score (nSPS) is 39.9. The average molecular weight is 226 g/mol. The Labute approximate surface area is 98.9 Å². The van der Waals surface area contributed by atoms with Gasteiger partial charge in [-0.25, -0.2) is 0 Å². The smallest absolute Gasteiger partial charge is 0.0942 e. The summed E-state index contributed by atoms with van der Waals surface area (Å²) in [6.07, 6.45) is 10.7. The fourth-order valence-corrected chi connectivity index (χ4v) is 4.39. The number of quaternary nitrogens is 1. The molecule has 2 bridgehead atoms. The predicted octanol–water partition coefficient (Wildman–Crippen LogP) is 1.63. The molecular formula is C13H26N2O. The van der Waals surface area contributed by atoms with E-state index in [4.69, 9.17) is 5.84 Å². The van der Waals surface area contributed by atoms with E-state index in [-0.39, 0.29) is 5.17 Å². The first-order valence-corrected chi connectivity index (χ1v) is 6.94. The zero-order valence-corrected chi connectivity index (χ0v) is 10.5. The summed E-state index contributed by atoms with van der Waals surface area (Å²) < 4.78 is 0. The van der Waals surface area contributed by atoms with Gasteiger partial charge in [-0.2, -0.15) is 5.84 Å². The Kier molecular flexibility index (Phi) is 3.88. The molecule has 0 aromatic carbocycles. The van der Waals surface area contributed by atoms with Gasteiger partial charge in [0.25, 0.3) is 0 Å². The first kappa shape index (κ1) is 12.3. The Morgan fingerprint density at radius 1 is 1.50 bits per heavy atom. The van der Waals surface area contributed by atoms with Gasteiger partial charge >= 0.3 is 0 Å². The van der Waals surface area contributed by atoms with Crippen molar-refractivity contribution in [1.29, 1.82) is 0 Å². The summed E-state index contributed by atoms with van der Waals surface area (Å²) in [6.45, 7) is 2.92. The van der Waals surface area contributed by atoms with Crippen molar-refractivity contribution in [1.82, 2.24) is 0 Å². The molecule has 3 N–H and O–H groups in total. The van der Waals surface area contributed by atoms with E-state index in [0.717, 1.165) is 18.3 Å². The van der Waals surface area contributed by atoms with Crippen LogP contribution in [0.15, 0.2) is 0 Å². The lowest BCUT2D eigenvalue weighted by molar-refractivity contribution is -0.861. The Balaban J connectivity index is 1.92. The molecule has 0 amide bonds. The van der Waals surface area contributed by atoms with E-state index in [1.807, 2.05) is 0 Å². The average Bonchev–Trinajstić information content (AvgIpc) is 2.49. The highest BCUT2D eigenvalue weighted by Crippen LogP contribution is 2.58. The number of hydrogen-bond acceptors (Lipinski definition) is 2. The third-order valence-electron chi connectivity index (χ3n) is 5.06. The second-order valence-electron chi connectivity index (χ2n) is 5.99. The van der Waals surface area contributed by atoms with Crippen molar-refractivity contribution in [2.75, 3.05) is 6.54 Å². The topological polar surface area (TPSA) is 53.5 Å². The molecule has 4 unspecified atom stereocenters. The van der Waals surface area contributed by atoms with Crippen molar-refractivity contribution in [3.63, 3.8) is 0 Å². The van der Waals surface area contributed by atoms with E-state index in [0.29, 0.717) is 12.0 Å². The van der Waals surface area contributed by atoms with Crippen molar-refractivity contribution < 1.29 is 5.17 Å². The molecule has 4 atom stereocenters. The molecule has 0 spiro atoms. The lowest BCUT2D eigenvalue weighted by atomic mass is 9.68. The van der Waals surface area contributed by atoms with Crippen LogP contribution in [0.3, 0.4) is 0 Å². The Morgan fingerprint density at radius 3 is 3.00 bits per heavy atom. The molecule has 2 aliphatic carbocycles. The third-order valence-corrected chi connectivity index (χ3v) is 5.06. The predicted molar refractivity (Wildman–Crippen MR) is 65.4 cm³/mol. The van der Waals surface area contributed by atoms with Crippen LogP contribution in [0, 0.1) is 22.5 Å². The summed E-state index contributed by atoms with van der Waals surface area (Å²) in [5.74, 6) is 7.15. The standard InChI is InChI=1S/C13H26N2O/c1-2-12-9-11-5-3-6-13(12,10-11)7-4-8-15(14)16/h11-12,15H,2-10,14H2,1H3. The molecular weight excluding hydrogens is 200 g/mol. The maximum Gasteiger partial charge on any atom is 0.0942 e. The van der Waals surface area contributed by atoms with Crippen molar-refractivity contribution in [2.45, 2.75) is 58.3 Å². The zero-order chi connectivity index (χ0) is 11.6. The minimum atomic E-state index is -0.130. The van der Waals surface area contributed by atoms with Crippen LogP contribution in [0.4, 0.5) is 0 Å². The third kappa shape index (κ3) is 2.41. The van der Waals surface area contributed by atoms with E-state index in [1.165, 1.54) is 44.9 Å². The number of nitrogens with one attached hydrogen (secondary N) is 1. The van der Waals surface area contributed by atoms with Crippen LogP contribution < -0.4 is 11.0 Å². The van der Waals surface area contributed by atoms with Crippen LogP contribution in [0.5, 0.6) is 0 Å². The molecule has 2 saturated carbocycles. The molecule has 0 heterocycles. The largest absolute Gasteiger partial charge is 0.613 e. The molecule has 16 heavy (non-hydrogen) atoms. The molecule has 3 heteroatoms. The Hall–Kier alpha value is -0.120. The highest BCUT2D eigenvalue weighted by molar-refractivity contribution is 4.98. The molecule has 0 saturated heterocycles. The molecule has 3 nitrogen and oxygen atoms in total. The summed E-state index contributed by atoms with van der Waals surface area (Å²) in [6, 6.07) is 0. The van der Waals surface area contributed by atoms with E-state index in [9.17, 15) is 5.21 Å². The number of rotatable bonds is 5. The van der Waals surface area contributed by atoms with Gasteiger partial charge in [-0.1, -0.05) is 26.2 Å². The molecule has 0 radical (unpaired) electrons. The minimum Gasteiger partial charge on any atom is -0.613 e. The van der Waals surface area contributed by atoms with Gasteiger partial charge in [0.05, 0.1) is 6.54 Å². The van der Waals surface area contributed by atoms with Gasteiger partial charge in [0.1, 0.15) is 0 Å². The van der Waals surface area contributed by atoms with Crippen molar-refractivity contribution in [3.05, 3.63) is 5.21 Å². The van der Waals surface area contributed by atoms with Gasteiger partial charge in [0, 0.05) is 0 Å². The molecule has 0 aliphatic heterocycles. The van der Waals surface area contributed by atoms with Gasteiger partial charge in [-0.15, -0.1) is 0 Å². The first-order chi connectivity index (χ1) is 7.66. The SMILES string of the molecule is CCC1CC2CCCC1(CCC[NH+](N)[O-])C2.